The number of benzene rings is 1. The van der Waals surface area contributed by atoms with Gasteiger partial charge in [0.25, 0.3) is 5.91 Å². The standard InChI is InChI=1S/C13H8Br2F2N2O/c1-6-8(15)2-3-11(18-6)19-13(20)12-9(16)4-7(14)5-10(12)17/h2-5H,1H3,(H,18,19,20). The number of aromatic nitrogens is 1. The molecule has 1 heterocycles. The maximum absolute atomic E-state index is 13.6. The minimum Gasteiger partial charge on any atom is -0.306 e. The third kappa shape index (κ3) is 3.21. The first-order valence-electron chi connectivity index (χ1n) is 5.47. The number of hydrogen-bond acceptors (Lipinski definition) is 2. The molecule has 0 aliphatic carbocycles. The van der Waals surface area contributed by atoms with Crippen molar-refractivity contribution in [1.29, 1.82) is 0 Å². The molecule has 3 nitrogen and oxygen atoms in total. The van der Waals surface area contributed by atoms with Gasteiger partial charge in [-0.3, -0.25) is 4.79 Å². The van der Waals surface area contributed by atoms with E-state index in [1.165, 1.54) is 6.07 Å². The first kappa shape index (κ1) is 15.1. The number of nitrogens with zero attached hydrogens (tertiary/aromatic N) is 1. The summed E-state index contributed by atoms with van der Waals surface area (Å²) in [7, 11) is 0. The number of rotatable bonds is 2. The van der Waals surface area contributed by atoms with E-state index in [-0.39, 0.29) is 10.3 Å². The molecule has 0 fully saturated rings. The van der Waals surface area contributed by atoms with Crippen LogP contribution in [-0.2, 0) is 0 Å². The molecule has 0 aliphatic rings. The highest BCUT2D eigenvalue weighted by atomic mass is 79.9. The van der Waals surface area contributed by atoms with Gasteiger partial charge in [-0.1, -0.05) is 15.9 Å². The zero-order chi connectivity index (χ0) is 14.9. The summed E-state index contributed by atoms with van der Waals surface area (Å²) >= 11 is 6.22. The molecule has 104 valence electrons. The molecule has 1 amide bonds. The molecule has 0 bridgehead atoms. The Hall–Kier alpha value is -1.34. The Bertz CT molecular complexity index is 669. The fraction of sp³-hybridized carbons (Fsp3) is 0.0769. The van der Waals surface area contributed by atoms with E-state index in [1.54, 1.807) is 13.0 Å². The quantitative estimate of drug-likeness (QED) is 0.802. The summed E-state index contributed by atoms with van der Waals surface area (Å²) in [5, 5.41) is 2.36. The van der Waals surface area contributed by atoms with Crippen LogP contribution in [0.25, 0.3) is 0 Å². The largest absolute Gasteiger partial charge is 0.306 e. The number of pyridine rings is 1. The topological polar surface area (TPSA) is 42.0 Å². The van der Waals surface area contributed by atoms with E-state index in [2.05, 4.69) is 42.2 Å². The van der Waals surface area contributed by atoms with E-state index in [0.29, 0.717) is 5.69 Å². The van der Waals surface area contributed by atoms with Crippen LogP contribution in [0.15, 0.2) is 33.2 Å². The smallest absolute Gasteiger partial charge is 0.262 e. The number of aryl methyl sites for hydroxylation is 1. The SMILES string of the molecule is Cc1nc(NC(=O)c2c(F)cc(Br)cc2F)ccc1Br. The Morgan fingerprint density at radius 2 is 1.80 bits per heavy atom. The van der Waals surface area contributed by atoms with Crippen LogP contribution < -0.4 is 5.32 Å². The second-order valence-electron chi connectivity index (χ2n) is 3.96. The fourth-order valence-corrected chi connectivity index (χ4v) is 2.17. The molecule has 0 spiro atoms. The number of amides is 1. The molecular weight excluding hydrogens is 398 g/mol. The fourth-order valence-electron chi connectivity index (χ4n) is 1.55. The van der Waals surface area contributed by atoms with Crippen LogP contribution >= 0.6 is 31.9 Å². The minimum atomic E-state index is -0.941. The van der Waals surface area contributed by atoms with Crippen LogP contribution in [0.5, 0.6) is 0 Å². The molecule has 2 aromatic rings. The Labute approximate surface area is 130 Å². The molecule has 20 heavy (non-hydrogen) atoms. The molecule has 7 heteroatoms. The first-order valence-corrected chi connectivity index (χ1v) is 7.06. The molecule has 0 radical (unpaired) electrons. The predicted molar refractivity (Wildman–Crippen MR) is 78.7 cm³/mol. The number of carbonyl (C=O) groups is 1. The van der Waals surface area contributed by atoms with E-state index in [0.717, 1.165) is 16.6 Å². The lowest BCUT2D eigenvalue weighted by atomic mass is 10.2. The Balaban J connectivity index is 2.31. The summed E-state index contributed by atoms with van der Waals surface area (Å²) in [5.41, 5.74) is 0.00937. The van der Waals surface area contributed by atoms with Gasteiger partial charge in [-0.15, -0.1) is 0 Å². The second-order valence-corrected chi connectivity index (χ2v) is 5.73. The van der Waals surface area contributed by atoms with Crippen LogP contribution in [0.4, 0.5) is 14.6 Å². The van der Waals surface area contributed by atoms with Gasteiger partial charge in [-0.25, -0.2) is 13.8 Å². The van der Waals surface area contributed by atoms with Crippen molar-refractivity contribution < 1.29 is 13.6 Å². The van der Waals surface area contributed by atoms with Gasteiger partial charge in [0.1, 0.15) is 23.0 Å². The van der Waals surface area contributed by atoms with E-state index in [4.69, 9.17) is 0 Å². The van der Waals surface area contributed by atoms with Gasteiger partial charge in [-0.05, 0) is 47.1 Å². The highest BCUT2D eigenvalue weighted by Crippen LogP contribution is 2.21. The molecule has 0 aliphatic heterocycles. The second kappa shape index (κ2) is 5.97. The van der Waals surface area contributed by atoms with Crippen LogP contribution in [-0.4, -0.2) is 10.9 Å². The third-order valence-corrected chi connectivity index (χ3v) is 3.79. The lowest BCUT2D eigenvalue weighted by Gasteiger charge is -2.08. The van der Waals surface area contributed by atoms with Crippen LogP contribution in [0.1, 0.15) is 16.1 Å². The van der Waals surface area contributed by atoms with Crippen molar-refractivity contribution >= 4 is 43.6 Å². The monoisotopic (exact) mass is 404 g/mol. The van der Waals surface area contributed by atoms with Crippen LogP contribution in [0.3, 0.4) is 0 Å². The lowest BCUT2D eigenvalue weighted by molar-refractivity contribution is 0.101. The van der Waals surface area contributed by atoms with E-state index in [1.807, 2.05) is 0 Å². The van der Waals surface area contributed by atoms with E-state index < -0.39 is 23.1 Å². The van der Waals surface area contributed by atoms with Crippen molar-refractivity contribution in [3.8, 4) is 0 Å². The molecule has 0 unspecified atom stereocenters. The van der Waals surface area contributed by atoms with Crippen LogP contribution in [0, 0.1) is 18.6 Å². The average molecular weight is 406 g/mol. The summed E-state index contributed by atoms with van der Waals surface area (Å²) in [4.78, 5) is 16.0. The summed E-state index contributed by atoms with van der Waals surface area (Å²) in [6.45, 7) is 1.74. The van der Waals surface area contributed by atoms with Gasteiger partial charge >= 0.3 is 0 Å². The van der Waals surface area contributed by atoms with Gasteiger partial charge < -0.3 is 5.32 Å². The Morgan fingerprint density at radius 3 is 2.35 bits per heavy atom. The number of carbonyl (C=O) groups excluding carboxylic acids is 1. The van der Waals surface area contributed by atoms with Crippen molar-refractivity contribution in [2.45, 2.75) is 6.92 Å². The van der Waals surface area contributed by atoms with Crippen LogP contribution in [0.2, 0.25) is 0 Å². The molecular formula is C13H8Br2F2N2O. The van der Waals surface area contributed by atoms with Gasteiger partial charge in [0.05, 0.1) is 5.69 Å². The number of nitrogens with one attached hydrogen (secondary N) is 1. The highest BCUT2D eigenvalue weighted by Gasteiger charge is 2.19. The van der Waals surface area contributed by atoms with Crippen molar-refractivity contribution in [2.24, 2.45) is 0 Å². The van der Waals surface area contributed by atoms with E-state index >= 15 is 0 Å². The zero-order valence-electron chi connectivity index (χ0n) is 10.2. The number of hydrogen-bond donors (Lipinski definition) is 1. The van der Waals surface area contributed by atoms with Crippen molar-refractivity contribution in [3.63, 3.8) is 0 Å². The highest BCUT2D eigenvalue weighted by molar-refractivity contribution is 9.10. The Morgan fingerprint density at radius 1 is 1.20 bits per heavy atom. The van der Waals surface area contributed by atoms with Crippen molar-refractivity contribution in [1.82, 2.24) is 4.98 Å². The van der Waals surface area contributed by atoms with E-state index in [9.17, 15) is 13.6 Å². The molecule has 2 rings (SSSR count). The third-order valence-electron chi connectivity index (χ3n) is 2.50. The number of halogens is 4. The Kier molecular flexibility index (Phi) is 4.49. The molecule has 0 saturated heterocycles. The summed E-state index contributed by atoms with van der Waals surface area (Å²) in [5.74, 6) is -2.55. The van der Waals surface area contributed by atoms with Gasteiger partial charge in [-0.2, -0.15) is 0 Å². The summed E-state index contributed by atoms with van der Waals surface area (Å²) < 4.78 is 28.3. The number of anilines is 1. The summed E-state index contributed by atoms with van der Waals surface area (Å²) in [6.07, 6.45) is 0. The first-order chi connectivity index (χ1) is 9.38. The molecule has 1 N–H and O–H groups in total. The maximum atomic E-state index is 13.6. The maximum Gasteiger partial charge on any atom is 0.262 e. The summed E-state index contributed by atoms with van der Waals surface area (Å²) in [6, 6.07) is 5.27. The average Bonchev–Trinajstić information content (AvgIpc) is 2.32. The molecule has 0 saturated carbocycles. The zero-order valence-corrected chi connectivity index (χ0v) is 13.3. The molecule has 1 aromatic heterocycles. The van der Waals surface area contributed by atoms with Crippen molar-refractivity contribution in [3.05, 3.63) is 56.1 Å². The van der Waals surface area contributed by atoms with Crippen molar-refractivity contribution in [2.75, 3.05) is 5.32 Å². The molecule has 0 atom stereocenters. The minimum absolute atomic E-state index is 0.220. The van der Waals surface area contributed by atoms with Gasteiger partial charge in [0.2, 0.25) is 0 Å². The van der Waals surface area contributed by atoms with Gasteiger partial charge in [0, 0.05) is 8.95 Å². The van der Waals surface area contributed by atoms with Gasteiger partial charge in [0.15, 0.2) is 0 Å². The predicted octanol–water partition coefficient (Wildman–Crippen LogP) is 4.45. The molecule has 1 aromatic carbocycles. The lowest BCUT2D eigenvalue weighted by Crippen LogP contribution is -2.17. The normalized spacial score (nSPS) is 10.4.